The van der Waals surface area contributed by atoms with E-state index in [1.54, 1.807) is 29.3 Å². The molecule has 0 bridgehead atoms. The number of rotatable bonds is 7. The molecule has 0 aliphatic heterocycles. The summed E-state index contributed by atoms with van der Waals surface area (Å²) >= 11 is 0. The lowest BCUT2D eigenvalue weighted by molar-refractivity contribution is -0.274. The number of aromatic nitrogens is 4. The monoisotopic (exact) mass is 481 g/mol. The average molecular weight is 481 g/mol. The van der Waals surface area contributed by atoms with Crippen LogP contribution < -0.4 is 10.1 Å². The van der Waals surface area contributed by atoms with E-state index in [9.17, 15) is 18.3 Å². The van der Waals surface area contributed by atoms with Gasteiger partial charge >= 0.3 is 6.36 Å². The van der Waals surface area contributed by atoms with Gasteiger partial charge in [-0.25, -0.2) is 4.68 Å². The van der Waals surface area contributed by atoms with Crippen molar-refractivity contribution in [3.8, 4) is 22.6 Å². The summed E-state index contributed by atoms with van der Waals surface area (Å²) in [5.74, 6) is -0.366. The van der Waals surface area contributed by atoms with Gasteiger partial charge in [0.1, 0.15) is 17.3 Å². The third kappa shape index (κ3) is 5.11. The second kappa shape index (κ2) is 9.49. The molecule has 0 amide bonds. The average Bonchev–Trinajstić information content (AvgIpc) is 3.17. The van der Waals surface area contributed by atoms with Crippen LogP contribution in [-0.2, 0) is 6.42 Å². The number of aryl methyl sites for hydroxylation is 2. The Labute approximate surface area is 199 Å². The number of ether oxygens (including phenoxy) is 1. The van der Waals surface area contributed by atoms with Crippen LogP contribution >= 0.6 is 0 Å². The van der Waals surface area contributed by atoms with Crippen molar-refractivity contribution >= 4 is 17.3 Å². The molecule has 0 fully saturated rings. The second-order valence-electron chi connectivity index (χ2n) is 7.61. The predicted molar refractivity (Wildman–Crippen MR) is 127 cm³/mol. The highest BCUT2D eigenvalue weighted by atomic mass is 19.4. The van der Waals surface area contributed by atoms with Crippen molar-refractivity contribution in [3.63, 3.8) is 0 Å². The van der Waals surface area contributed by atoms with Gasteiger partial charge in [-0.3, -0.25) is 9.97 Å². The Balaban J connectivity index is 1.92. The fourth-order valence-corrected chi connectivity index (χ4v) is 3.72. The molecule has 0 atom stereocenters. The summed E-state index contributed by atoms with van der Waals surface area (Å²) in [5, 5.41) is 18.2. The fraction of sp³-hybridized carbons (Fsp3) is 0.160. The molecular formula is C25H22F3N5O2. The molecule has 3 aromatic heterocycles. The summed E-state index contributed by atoms with van der Waals surface area (Å²) in [7, 11) is 0. The summed E-state index contributed by atoms with van der Waals surface area (Å²) in [6, 6.07) is 10.9. The first kappa shape index (κ1) is 23.8. The first-order valence-electron chi connectivity index (χ1n) is 10.7. The van der Waals surface area contributed by atoms with Crippen molar-refractivity contribution in [1.82, 2.24) is 19.7 Å². The molecule has 0 aliphatic rings. The van der Waals surface area contributed by atoms with Crippen molar-refractivity contribution in [3.05, 3.63) is 84.6 Å². The Morgan fingerprint density at radius 3 is 2.51 bits per heavy atom. The van der Waals surface area contributed by atoms with Crippen LogP contribution in [0.4, 0.5) is 24.7 Å². The molecule has 0 saturated carbocycles. The Morgan fingerprint density at radius 1 is 1.14 bits per heavy atom. The van der Waals surface area contributed by atoms with Crippen molar-refractivity contribution in [1.29, 1.82) is 0 Å². The van der Waals surface area contributed by atoms with E-state index < -0.39 is 17.9 Å². The van der Waals surface area contributed by atoms with Gasteiger partial charge < -0.3 is 15.2 Å². The number of alkyl halides is 3. The van der Waals surface area contributed by atoms with E-state index in [2.05, 4.69) is 26.6 Å². The van der Waals surface area contributed by atoms with Crippen LogP contribution in [0.15, 0.2) is 67.6 Å². The first-order chi connectivity index (χ1) is 16.7. The van der Waals surface area contributed by atoms with E-state index in [-0.39, 0.29) is 5.56 Å². The summed E-state index contributed by atoms with van der Waals surface area (Å²) in [4.78, 5) is 8.44. The Bertz CT molecular complexity index is 1370. The molecule has 2 N–H and O–H groups in total. The van der Waals surface area contributed by atoms with Gasteiger partial charge in [0, 0.05) is 29.7 Å². The number of aliphatic hydroxyl groups excluding tert-OH is 1. The molecule has 7 nitrogen and oxygen atoms in total. The maximum Gasteiger partial charge on any atom is 0.573 e. The smallest absolute Gasteiger partial charge is 0.508 e. The molecule has 0 saturated heterocycles. The van der Waals surface area contributed by atoms with Crippen molar-refractivity contribution in [2.24, 2.45) is 0 Å². The van der Waals surface area contributed by atoms with Gasteiger partial charge in [0.05, 0.1) is 22.8 Å². The normalized spacial score (nSPS) is 11.3. The molecule has 0 unspecified atom stereocenters. The van der Waals surface area contributed by atoms with Gasteiger partial charge in [0.2, 0.25) is 0 Å². The lowest BCUT2D eigenvalue weighted by Gasteiger charge is -2.17. The van der Waals surface area contributed by atoms with Gasteiger partial charge in [-0.15, -0.1) is 13.2 Å². The van der Waals surface area contributed by atoms with Crippen molar-refractivity contribution in [2.45, 2.75) is 26.6 Å². The zero-order valence-electron chi connectivity index (χ0n) is 19.0. The predicted octanol–water partition coefficient (Wildman–Crippen LogP) is 6.37. The summed E-state index contributed by atoms with van der Waals surface area (Å²) in [6.45, 7) is 7.32. The van der Waals surface area contributed by atoms with Crippen LogP contribution in [0.3, 0.4) is 0 Å². The third-order valence-electron chi connectivity index (χ3n) is 5.26. The van der Waals surface area contributed by atoms with E-state index in [4.69, 9.17) is 5.10 Å². The molecule has 35 heavy (non-hydrogen) atoms. The molecule has 1 aromatic carbocycles. The number of nitrogens with one attached hydrogen (secondary N) is 1. The summed E-state index contributed by atoms with van der Waals surface area (Å²) < 4.78 is 43.9. The number of hydrogen-bond donors (Lipinski definition) is 2. The number of hydrogen-bond acceptors (Lipinski definition) is 6. The van der Waals surface area contributed by atoms with Crippen LogP contribution in [0, 0.1) is 6.92 Å². The van der Waals surface area contributed by atoms with Crippen LogP contribution in [0.5, 0.6) is 5.75 Å². The second-order valence-corrected chi connectivity index (χ2v) is 7.61. The van der Waals surface area contributed by atoms with Crippen LogP contribution in [0.2, 0.25) is 0 Å². The number of pyridine rings is 2. The highest BCUT2D eigenvalue weighted by Crippen LogP contribution is 2.38. The van der Waals surface area contributed by atoms with Gasteiger partial charge in [0.25, 0.3) is 0 Å². The van der Waals surface area contributed by atoms with Crippen LogP contribution in [-0.4, -0.2) is 31.2 Å². The Kier molecular flexibility index (Phi) is 6.46. The molecule has 3 heterocycles. The van der Waals surface area contributed by atoms with E-state index in [1.165, 1.54) is 6.07 Å². The minimum absolute atomic E-state index is 0.0427. The van der Waals surface area contributed by atoms with Crippen LogP contribution in [0.25, 0.3) is 22.6 Å². The third-order valence-corrected chi connectivity index (χ3v) is 5.26. The standard InChI is InChI=1S/C25H22F3N5O2/c1-4-20-23(17-9-12-29-13-10-17)24(33(32-20)22-6-5-11-30-15(22)2)31-21-8-7-18(35-25(26,27)28)14-19(21)16(3)34/h5-14,31,34H,3-4H2,1-2H3. The number of benzene rings is 1. The lowest BCUT2D eigenvalue weighted by Crippen LogP contribution is -2.17. The molecule has 0 radical (unpaired) electrons. The zero-order valence-corrected chi connectivity index (χ0v) is 19.0. The maximum absolute atomic E-state index is 12.7. The largest absolute Gasteiger partial charge is 0.573 e. The SMILES string of the molecule is C=C(O)c1cc(OC(F)(F)F)ccc1Nc1c(-c2ccncc2)c(CC)nn1-c1cccnc1C. The topological polar surface area (TPSA) is 85.1 Å². The molecule has 0 aliphatic carbocycles. The molecule has 4 aromatic rings. The molecule has 180 valence electrons. The highest BCUT2D eigenvalue weighted by molar-refractivity contribution is 5.85. The first-order valence-corrected chi connectivity index (χ1v) is 10.7. The van der Waals surface area contributed by atoms with E-state index in [0.717, 1.165) is 34.6 Å². The Hall–Kier alpha value is -4.34. The van der Waals surface area contributed by atoms with E-state index >= 15 is 0 Å². The highest BCUT2D eigenvalue weighted by Gasteiger charge is 2.31. The number of nitrogens with zero attached hydrogens (tertiary/aromatic N) is 4. The quantitative estimate of drug-likeness (QED) is 0.298. The van der Waals surface area contributed by atoms with E-state index in [1.807, 2.05) is 32.0 Å². The molecular weight excluding hydrogens is 459 g/mol. The zero-order chi connectivity index (χ0) is 25.2. The van der Waals surface area contributed by atoms with Crippen molar-refractivity contribution < 1.29 is 23.0 Å². The lowest BCUT2D eigenvalue weighted by atomic mass is 10.0. The summed E-state index contributed by atoms with van der Waals surface area (Å²) in [5.41, 5.74) is 4.20. The Morgan fingerprint density at radius 2 is 1.89 bits per heavy atom. The maximum atomic E-state index is 12.7. The van der Waals surface area contributed by atoms with Gasteiger partial charge in [-0.2, -0.15) is 5.10 Å². The van der Waals surface area contributed by atoms with Gasteiger partial charge in [-0.1, -0.05) is 13.5 Å². The molecule has 0 spiro atoms. The van der Waals surface area contributed by atoms with E-state index in [0.29, 0.717) is 23.6 Å². The van der Waals surface area contributed by atoms with Gasteiger partial charge in [-0.05, 0) is 61.4 Å². The minimum Gasteiger partial charge on any atom is -0.508 e. The van der Waals surface area contributed by atoms with Gasteiger partial charge in [0.15, 0.2) is 0 Å². The minimum atomic E-state index is -4.87. The number of halogens is 3. The molecule has 4 rings (SSSR count). The summed E-state index contributed by atoms with van der Waals surface area (Å²) in [6.07, 6.45) is 0.735. The number of aliphatic hydroxyl groups is 1. The van der Waals surface area contributed by atoms with Crippen molar-refractivity contribution in [2.75, 3.05) is 5.32 Å². The van der Waals surface area contributed by atoms with Crippen LogP contribution in [0.1, 0.15) is 23.9 Å². The fourth-order valence-electron chi connectivity index (χ4n) is 3.72. The molecule has 10 heteroatoms. The number of anilines is 2.